The predicted octanol–water partition coefficient (Wildman–Crippen LogP) is 5.28. The van der Waals surface area contributed by atoms with Gasteiger partial charge in [0.15, 0.2) is 0 Å². The summed E-state index contributed by atoms with van der Waals surface area (Å²) < 4.78 is 49.5. The van der Waals surface area contributed by atoms with Crippen molar-refractivity contribution in [2.75, 3.05) is 18.5 Å². The van der Waals surface area contributed by atoms with Gasteiger partial charge in [-0.15, -0.1) is 0 Å². The van der Waals surface area contributed by atoms with E-state index in [-0.39, 0.29) is 37.3 Å². The Kier molecular flexibility index (Phi) is 8.58. The molecule has 206 valence electrons. The number of hydrogen-bond donors (Lipinski definition) is 3. The molecule has 0 aromatic heterocycles. The molecule has 2 aromatic rings. The minimum atomic E-state index is -1.29. The van der Waals surface area contributed by atoms with Gasteiger partial charge in [0, 0.05) is 30.9 Å². The Bertz CT molecular complexity index is 1310. The van der Waals surface area contributed by atoms with Crippen molar-refractivity contribution in [3.8, 4) is 5.75 Å². The van der Waals surface area contributed by atoms with Gasteiger partial charge in [-0.3, -0.25) is 4.79 Å². The second kappa shape index (κ2) is 12.1. The Morgan fingerprint density at radius 2 is 1.79 bits per heavy atom. The highest BCUT2D eigenvalue weighted by atomic mass is 19.1. The number of urea groups is 1. The lowest BCUT2D eigenvalue weighted by molar-refractivity contribution is -0.133. The maximum Gasteiger partial charge on any atom is 0.335 e. The van der Waals surface area contributed by atoms with Gasteiger partial charge >= 0.3 is 12.0 Å². The van der Waals surface area contributed by atoms with Crippen LogP contribution in [-0.4, -0.2) is 53.3 Å². The standard InChI is InChI=1S/C28H28F3N3O5/c1-16-4-2-3-5-24(16)32-28(38)33-25-13-22(30)18(10-23(25)31)11-26(35)34-14-19(29)12-20(34)15-39-21-8-6-17(7-9-21)27(36)37/h2-9,13,18-20H,10-12,14-15H2,1H3,(H,36,37)(H2,32,33,38)/t18?,19-,20-/m0/s1. The van der Waals surface area contributed by atoms with Crippen molar-refractivity contribution in [1.82, 2.24) is 10.2 Å². The molecule has 2 aliphatic rings. The molecule has 1 fully saturated rings. The molecule has 0 spiro atoms. The van der Waals surface area contributed by atoms with Gasteiger partial charge in [0.25, 0.3) is 0 Å². The topological polar surface area (TPSA) is 108 Å². The lowest BCUT2D eigenvalue weighted by Crippen LogP contribution is -2.40. The highest BCUT2D eigenvalue weighted by molar-refractivity contribution is 5.91. The largest absolute Gasteiger partial charge is 0.491 e. The number of aryl methyl sites for hydroxylation is 1. The monoisotopic (exact) mass is 543 g/mol. The van der Waals surface area contributed by atoms with E-state index in [4.69, 9.17) is 9.84 Å². The number of para-hydroxylation sites is 1. The van der Waals surface area contributed by atoms with Gasteiger partial charge in [0.2, 0.25) is 5.91 Å². The van der Waals surface area contributed by atoms with Crippen LogP contribution in [0.15, 0.2) is 72.0 Å². The molecule has 1 aliphatic heterocycles. The van der Waals surface area contributed by atoms with E-state index in [9.17, 15) is 27.6 Å². The van der Waals surface area contributed by atoms with E-state index in [0.717, 1.165) is 11.6 Å². The van der Waals surface area contributed by atoms with Crippen molar-refractivity contribution in [2.24, 2.45) is 5.92 Å². The summed E-state index contributed by atoms with van der Waals surface area (Å²) in [5.74, 6) is -3.90. The summed E-state index contributed by atoms with van der Waals surface area (Å²) >= 11 is 0. The molecule has 0 saturated carbocycles. The van der Waals surface area contributed by atoms with E-state index in [1.165, 1.54) is 29.2 Å². The minimum absolute atomic E-state index is 0.0280. The Labute approximate surface area is 223 Å². The van der Waals surface area contributed by atoms with Crippen LogP contribution in [0, 0.1) is 12.8 Å². The lowest BCUT2D eigenvalue weighted by Gasteiger charge is -2.27. The van der Waals surface area contributed by atoms with Crippen LogP contribution in [0.2, 0.25) is 0 Å². The average molecular weight is 544 g/mol. The number of rotatable bonds is 8. The number of nitrogens with one attached hydrogen (secondary N) is 2. The van der Waals surface area contributed by atoms with Gasteiger partial charge in [-0.2, -0.15) is 0 Å². The number of allylic oxidation sites excluding steroid dienone is 3. The number of carbonyl (C=O) groups excluding carboxylic acids is 2. The molecule has 4 rings (SSSR count). The van der Waals surface area contributed by atoms with Crippen LogP contribution in [0.4, 0.5) is 23.7 Å². The number of nitrogens with zero attached hydrogens (tertiary/aromatic N) is 1. The Morgan fingerprint density at radius 3 is 2.49 bits per heavy atom. The second-order valence-electron chi connectivity index (χ2n) is 9.52. The van der Waals surface area contributed by atoms with Crippen molar-refractivity contribution in [2.45, 2.75) is 38.4 Å². The first-order chi connectivity index (χ1) is 18.6. The molecule has 3 N–H and O–H groups in total. The molecule has 1 unspecified atom stereocenters. The summed E-state index contributed by atoms with van der Waals surface area (Å²) in [6, 6.07) is 11.3. The fourth-order valence-corrected chi connectivity index (χ4v) is 4.56. The first-order valence-electron chi connectivity index (χ1n) is 12.4. The van der Waals surface area contributed by atoms with Crippen LogP contribution in [0.5, 0.6) is 5.75 Å². The number of ether oxygens (including phenoxy) is 1. The summed E-state index contributed by atoms with van der Waals surface area (Å²) in [6.07, 6.45) is -1.21. The fourth-order valence-electron chi connectivity index (χ4n) is 4.56. The molecule has 3 atom stereocenters. The molecule has 39 heavy (non-hydrogen) atoms. The molecule has 1 aliphatic carbocycles. The smallest absolute Gasteiger partial charge is 0.335 e. The first-order valence-corrected chi connectivity index (χ1v) is 12.4. The summed E-state index contributed by atoms with van der Waals surface area (Å²) in [6.45, 7) is 1.56. The zero-order valence-corrected chi connectivity index (χ0v) is 21.1. The number of hydrogen-bond acceptors (Lipinski definition) is 4. The van der Waals surface area contributed by atoms with Crippen molar-refractivity contribution in [3.63, 3.8) is 0 Å². The summed E-state index contributed by atoms with van der Waals surface area (Å²) in [5, 5.41) is 13.9. The number of carbonyl (C=O) groups is 3. The molecule has 2 aromatic carbocycles. The maximum atomic E-state index is 14.9. The Balaban J connectivity index is 1.33. The lowest BCUT2D eigenvalue weighted by atomic mass is 9.93. The average Bonchev–Trinajstić information content (AvgIpc) is 3.28. The number of halogens is 3. The van der Waals surface area contributed by atoms with Gasteiger partial charge in [-0.1, -0.05) is 18.2 Å². The normalized spacial score (nSPS) is 20.9. The van der Waals surface area contributed by atoms with Crippen LogP contribution in [0.1, 0.15) is 35.2 Å². The van der Waals surface area contributed by atoms with E-state index in [1.54, 1.807) is 31.2 Å². The molecule has 1 saturated heterocycles. The molecule has 0 radical (unpaired) electrons. The third-order valence-corrected chi connectivity index (χ3v) is 6.68. The number of amides is 3. The maximum absolute atomic E-state index is 14.9. The van der Waals surface area contributed by atoms with Crippen LogP contribution >= 0.6 is 0 Å². The first kappa shape index (κ1) is 27.7. The van der Waals surface area contributed by atoms with Crippen molar-refractivity contribution in [3.05, 3.63) is 83.1 Å². The summed E-state index contributed by atoms with van der Waals surface area (Å²) in [5.41, 5.74) is 1.07. The van der Waals surface area contributed by atoms with Crippen LogP contribution in [-0.2, 0) is 4.79 Å². The number of anilines is 1. The molecule has 8 nitrogen and oxygen atoms in total. The number of alkyl halides is 1. The molecular weight excluding hydrogens is 515 g/mol. The fraction of sp³-hybridized carbons (Fsp3) is 0.321. The third kappa shape index (κ3) is 6.98. The van der Waals surface area contributed by atoms with Crippen molar-refractivity contribution >= 4 is 23.6 Å². The number of benzene rings is 2. The minimum Gasteiger partial charge on any atom is -0.491 e. The van der Waals surface area contributed by atoms with Crippen LogP contribution in [0.3, 0.4) is 0 Å². The summed E-state index contributed by atoms with van der Waals surface area (Å²) in [4.78, 5) is 37.5. The van der Waals surface area contributed by atoms with Crippen molar-refractivity contribution < 1.29 is 37.4 Å². The summed E-state index contributed by atoms with van der Waals surface area (Å²) in [7, 11) is 0. The molecule has 3 amide bonds. The Hall–Kier alpha value is -4.28. The Morgan fingerprint density at radius 1 is 1.08 bits per heavy atom. The van der Waals surface area contributed by atoms with Gasteiger partial charge < -0.3 is 25.4 Å². The predicted molar refractivity (Wildman–Crippen MR) is 137 cm³/mol. The highest BCUT2D eigenvalue weighted by Crippen LogP contribution is 2.34. The van der Waals surface area contributed by atoms with E-state index in [0.29, 0.717) is 11.4 Å². The molecule has 1 heterocycles. The molecular formula is C28H28F3N3O5. The number of aromatic carboxylic acids is 1. The molecule has 11 heteroatoms. The van der Waals surface area contributed by atoms with E-state index in [2.05, 4.69) is 10.6 Å². The number of carboxylic acid groups (broad SMARTS) is 1. The number of likely N-dealkylation sites (tertiary alicyclic amines) is 1. The van der Waals surface area contributed by atoms with E-state index in [1.807, 2.05) is 0 Å². The van der Waals surface area contributed by atoms with Crippen LogP contribution in [0.25, 0.3) is 0 Å². The van der Waals surface area contributed by atoms with Crippen molar-refractivity contribution in [1.29, 1.82) is 0 Å². The number of carboxylic acids is 1. The van der Waals surface area contributed by atoms with Crippen LogP contribution < -0.4 is 15.4 Å². The van der Waals surface area contributed by atoms with E-state index < -0.39 is 54.1 Å². The van der Waals surface area contributed by atoms with Gasteiger partial charge in [-0.05, 0) is 48.9 Å². The zero-order chi connectivity index (χ0) is 28.1. The van der Waals surface area contributed by atoms with Gasteiger partial charge in [0.1, 0.15) is 30.2 Å². The zero-order valence-electron chi connectivity index (χ0n) is 21.1. The highest BCUT2D eigenvalue weighted by Gasteiger charge is 2.38. The third-order valence-electron chi connectivity index (χ3n) is 6.68. The second-order valence-corrected chi connectivity index (χ2v) is 9.52. The SMILES string of the molecule is Cc1ccccc1NC(=O)NC1=C(F)CC(CC(=O)N2C[C@@H](F)C[C@H]2COc2ccc(C(=O)O)cc2)C(F)=C1. The quantitative estimate of drug-likeness (QED) is 0.420. The van der Waals surface area contributed by atoms with E-state index >= 15 is 0 Å². The van der Waals surface area contributed by atoms with Gasteiger partial charge in [-0.25, -0.2) is 22.8 Å². The molecule has 0 bridgehead atoms. The van der Waals surface area contributed by atoms with Gasteiger partial charge in [0.05, 0.1) is 23.8 Å².